The quantitative estimate of drug-likeness (QED) is 0.163. The number of rotatable bonds is 4. The molecule has 0 atom stereocenters. The fourth-order valence-corrected chi connectivity index (χ4v) is 12.5. The molecule has 0 spiro atoms. The van der Waals surface area contributed by atoms with Gasteiger partial charge in [-0.3, -0.25) is 0 Å². The third-order valence-electron chi connectivity index (χ3n) is 15.8. The van der Waals surface area contributed by atoms with E-state index in [1.807, 2.05) is 0 Å². The number of hydrogen-bond donors (Lipinski definition) is 0. The van der Waals surface area contributed by atoms with Crippen molar-refractivity contribution in [1.29, 1.82) is 0 Å². The van der Waals surface area contributed by atoms with Gasteiger partial charge in [0, 0.05) is 39.5 Å². The van der Waals surface area contributed by atoms with Gasteiger partial charge in [0.05, 0.1) is 0 Å². The van der Waals surface area contributed by atoms with E-state index in [1.54, 1.807) is 0 Å². The largest absolute Gasteiger partial charge is 0.310 e. The van der Waals surface area contributed by atoms with E-state index >= 15 is 0 Å². The second kappa shape index (κ2) is 15.4. The van der Waals surface area contributed by atoms with Crippen molar-refractivity contribution < 1.29 is 0 Å². The van der Waals surface area contributed by atoms with E-state index in [9.17, 15) is 0 Å². The molecule has 1 aliphatic carbocycles. The Morgan fingerprint density at radius 2 is 0.768 bits per heavy atom. The Bertz CT molecular complexity index is 3810. The minimum atomic E-state index is -0.151. The van der Waals surface area contributed by atoms with Gasteiger partial charge in [0.1, 0.15) is 0 Å². The van der Waals surface area contributed by atoms with Crippen molar-refractivity contribution in [3.05, 3.63) is 252 Å². The molecule has 2 aliphatic heterocycles. The maximum atomic E-state index is 2.53. The van der Waals surface area contributed by atoms with Crippen LogP contribution in [0.15, 0.2) is 218 Å². The lowest BCUT2D eigenvalue weighted by molar-refractivity contribution is 0.660. The summed E-state index contributed by atoms with van der Waals surface area (Å²) < 4.78 is 0. The highest BCUT2D eigenvalue weighted by Gasteiger charge is 2.36. The molecule has 3 aliphatic rings. The summed E-state index contributed by atoms with van der Waals surface area (Å²) >= 11 is 0. The van der Waals surface area contributed by atoms with E-state index in [0.717, 1.165) is 37.1 Å². The minimum absolute atomic E-state index is 0.151. The van der Waals surface area contributed by atoms with Crippen LogP contribution in [-0.2, 0) is 31.1 Å². The SMILES string of the molecule is CC1(C)c2ccccc2-c2ccc(-c3c4cc(N5c6ccccc6CCc6ccccc65)ccc4c(-c4cccc5ccccc45)c4cc(N5c6ccccc6CCc6ccccc65)ccc34)cc21. The molecule has 11 aromatic carbocycles. The van der Waals surface area contributed by atoms with Gasteiger partial charge < -0.3 is 9.80 Å². The number of para-hydroxylation sites is 4. The van der Waals surface area contributed by atoms with Crippen LogP contribution >= 0.6 is 0 Å². The summed E-state index contributed by atoms with van der Waals surface area (Å²) in [6.07, 6.45) is 4.00. The van der Waals surface area contributed by atoms with Crippen LogP contribution in [0.2, 0.25) is 0 Å². The molecule has 0 aromatic heterocycles. The van der Waals surface area contributed by atoms with Crippen molar-refractivity contribution in [3.8, 4) is 33.4 Å². The van der Waals surface area contributed by atoms with Crippen LogP contribution in [0, 0.1) is 0 Å². The number of fused-ring (bicyclic) bond motifs is 10. The monoisotopic (exact) mass is 882 g/mol. The summed E-state index contributed by atoms with van der Waals surface area (Å²) in [4.78, 5) is 5.06. The van der Waals surface area contributed by atoms with Crippen molar-refractivity contribution >= 4 is 66.4 Å². The predicted molar refractivity (Wildman–Crippen MR) is 292 cm³/mol. The minimum Gasteiger partial charge on any atom is -0.310 e. The van der Waals surface area contributed by atoms with Crippen molar-refractivity contribution in [2.24, 2.45) is 0 Å². The number of aryl methyl sites for hydroxylation is 4. The molecule has 0 N–H and O–H groups in total. The first-order valence-corrected chi connectivity index (χ1v) is 24.7. The van der Waals surface area contributed by atoms with E-state index in [-0.39, 0.29) is 5.41 Å². The Hall–Kier alpha value is -8.20. The summed E-state index contributed by atoms with van der Waals surface area (Å²) in [5.74, 6) is 0. The van der Waals surface area contributed by atoms with Crippen LogP contribution in [-0.4, -0.2) is 0 Å². The van der Waals surface area contributed by atoms with E-state index in [1.165, 1.54) is 122 Å². The molecule has 2 heteroatoms. The molecule has 0 amide bonds. The maximum Gasteiger partial charge on any atom is 0.0493 e. The van der Waals surface area contributed by atoms with Crippen molar-refractivity contribution in [2.75, 3.05) is 9.80 Å². The van der Waals surface area contributed by atoms with Gasteiger partial charge >= 0.3 is 0 Å². The van der Waals surface area contributed by atoms with Gasteiger partial charge in [-0.25, -0.2) is 0 Å². The molecular formula is C67H50N2. The smallest absolute Gasteiger partial charge is 0.0493 e. The molecular weight excluding hydrogens is 833 g/mol. The fraction of sp³-hybridized carbons (Fsp3) is 0.104. The van der Waals surface area contributed by atoms with Crippen molar-refractivity contribution in [2.45, 2.75) is 44.9 Å². The van der Waals surface area contributed by atoms with E-state index in [4.69, 9.17) is 0 Å². The highest BCUT2D eigenvalue weighted by molar-refractivity contribution is 6.25. The lowest BCUT2D eigenvalue weighted by atomic mass is 9.80. The lowest BCUT2D eigenvalue weighted by Gasteiger charge is -2.29. The van der Waals surface area contributed by atoms with Crippen LogP contribution in [0.3, 0.4) is 0 Å². The van der Waals surface area contributed by atoms with Crippen LogP contribution in [0.25, 0.3) is 65.7 Å². The molecule has 2 nitrogen and oxygen atoms in total. The number of anilines is 6. The maximum absolute atomic E-state index is 2.53. The Labute approximate surface area is 404 Å². The van der Waals surface area contributed by atoms with Crippen LogP contribution < -0.4 is 9.80 Å². The average molecular weight is 883 g/mol. The van der Waals surface area contributed by atoms with Gasteiger partial charge in [-0.15, -0.1) is 0 Å². The van der Waals surface area contributed by atoms with E-state index in [0.29, 0.717) is 0 Å². The Morgan fingerprint density at radius 3 is 1.36 bits per heavy atom. The summed E-state index contributed by atoms with van der Waals surface area (Å²) in [5.41, 5.74) is 23.1. The molecule has 328 valence electrons. The lowest BCUT2D eigenvalue weighted by Crippen LogP contribution is -2.15. The first-order valence-electron chi connectivity index (χ1n) is 24.7. The molecule has 11 aromatic rings. The molecule has 0 saturated heterocycles. The topological polar surface area (TPSA) is 6.48 Å². The fourth-order valence-electron chi connectivity index (χ4n) is 12.5. The van der Waals surface area contributed by atoms with Crippen LogP contribution in [0.1, 0.15) is 47.2 Å². The van der Waals surface area contributed by atoms with E-state index in [2.05, 4.69) is 242 Å². The van der Waals surface area contributed by atoms with Gasteiger partial charge in [0.25, 0.3) is 0 Å². The predicted octanol–water partition coefficient (Wildman–Crippen LogP) is 17.9. The highest BCUT2D eigenvalue weighted by atomic mass is 15.2. The molecule has 0 saturated carbocycles. The second-order valence-electron chi connectivity index (χ2n) is 19.9. The zero-order valence-electron chi connectivity index (χ0n) is 39.0. The zero-order chi connectivity index (χ0) is 45.8. The molecule has 2 heterocycles. The Morgan fingerprint density at radius 1 is 0.319 bits per heavy atom. The van der Waals surface area contributed by atoms with Crippen molar-refractivity contribution in [3.63, 3.8) is 0 Å². The molecule has 14 rings (SSSR count). The normalized spacial score (nSPS) is 14.3. The first kappa shape index (κ1) is 39.9. The van der Waals surface area contributed by atoms with E-state index < -0.39 is 0 Å². The number of benzene rings is 11. The second-order valence-corrected chi connectivity index (χ2v) is 19.9. The summed E-state index contributed by atoms with van der Waals surface area (Å²) in [6, 6.07) is 82.8. The average Bonchev–Trinajstić information content (AvgIpc) is 3.51. The Kier molecular flexibility index (Phi) is 8.92. The molecule has 0 fully saturated rings. The first-order chi connectivity index (χ1) is 34.0. The number of nitrogens with zero attached hydrogens (tertiary/aromatic N) is 2. The van der Waals surface area contributed by atoms with Gasteiger partial charge in [-0.05, 0) is 179 Å². The molecule has 0 unspecified atom stereocenters. The van der Waals surface area contributed by atoms with Crippen molar-refractivity contribution in [1.82, 2.24) is 0 Å². The van der Waals surface area contributed by atoms with Crippen LogP contribution in [0.5, 0.6) is 0 Å². The zero-order valence-corrected chi connectivity index (χ0v) is 39.0. The van der Waals surface area contributed by atoms with Gasteiger partial charge in [0.15, 0.2) is 0 Å². The third-order valence-corrected chi connectivity index (χ3v) is 15.8. The van der Waals surface area contributed by atoms with Gasteiger partial charge in [-0.1, -0.05) is 178 Å². The molecule has 0 bridgehead atoms. The number of hydrogen-bond acceptors (Lipinski definition) is 2. The summed E-state index contributed by atoms with van der Waals surface area (Å²) in [6.45, 7) is 4.80. The highest BCUT2D eigenvalue weighted by Crippen LogP contribution is 2.54. The third kappa shape index (κ3) is 6.11. The molecule has 0 radical (unpaired) electrons. The van der Waals surface area contributed by atoms with Gasteiger partial charge in [-0.2, -0.15) is 0 Å². The van der Waals surface area contributed by atoms with Gasteiger partial charge in [0.2, 0.25) is 0 Å². The summed E-state index contributed by atoms with van der Waals surface area (Å²) in [7, 11) is 0. The standard InChI is InChI=1S/C67H50N2/c1-67(2)59-25-10-9-23-52(59)53-37-34-48(40-60(53)67)65-55-38-35-50(69-63-28-13-6-19-46(63)32-33-47-20-7-14-29-64(47)69)42-58(55)66(54-24-15-21-43-16-3-8-22-51(43)54)56-39-36-49(41-57(56)65)68-61-26-11-4-17-44(61)30-31-45-18-5-12-27-62(45)68/h3-29,34-42H,30-33H2,1-2H3. The Balaban J connectivity index is 1.12. The molecule has 69 heavy (non-hydrogen) atoms. The summed E-state index contributed by atoms with van der Waals surface area (Å²) in [5, 5.41) is 7.46. The van der Waals surface area contributed by atoms with Crippen LogP contribution in [0.4, 0.5) is 34.1 Å².